The maximum atomic E-state index is 13.7. The highest BCUT2D eigenvalue weighted by Crippen LogP contribution is 2.23. The van der Waals surface area contributed by atoms with Crippen LogP contribution >= 0.6 is 0 Å². The largest absolute Gasteiger partial charge is 0.353 e. The van der Waals surface area contributed by atoms with Crippen molar-refractivity contribution in [2.75, 3.05) is 36.4 Å². The number of hydrogen-bond acceptors (Lipinski definition) is 6. The first kappa shape index (κ1) is 25.9. The fourth-order valence-corrected chi connectivity index (χ4v) is 4.76. The summed E-state index contributed by atoms with van der Waals surface area (Å²) in [4.78, 5) is 36.1. The van der Waals surface area contributed by atoms with Gasteiger partial charge in [-0.1, -0.05) is 54.1 Å². The first-order chi connectivity index (χ1) is 18.9. The van der Waals surface area contributed by atoms with Crippen LogP contribution in [0, 0.1) is 25.2 Å². The third-order valence-corrected chi connectivity index (χ3v) is 6.95. The van der Waals surface area contributed by atoms with Crippen molar-refractivity contribution in [3.63, 3.8) is 0 Å². The van der Waals surface area contributed by atoms with Crippen molar-refractivity contribution in [2.45, 2.75) is 20.4 Å². The first-order valence-corrected chi connectivity index (χ1v) is 13.0. The maximum Gasteiger partial charge on any atom is 0.267 e. The second kappa shape index (κ2) is 11.3. The molecule has 0 bridgehead atoms. The number of nitrogens with one attached hydrogen (secondary N) is 1. The van der Waals surface area contributed by atoms with Gasteiger partial charge in [-0.25, -0.2) is 4.98 Å². The Bertz CT molecular complexity index is 1630. The molecule has 2 aromatic heterocycles. The number of benzene rings is 2. The lowest BCUT2D eigenvalue weighted by Gasteiger charge is -2.36. The van der Waals surface area contributed by atoms with Crippen molar-refractivity contribution in [1.29, 1.82) is 5.26 Å². The van der Waals surface area contributed by atoms with E-state index in [0.717, 1.165) is 30.8 Å². The smallest absolute Gasteiger partial charge is 0.267 e. The molecule has 0 aliphatic carbocycles. The van der Waals surface area contributed by atoms with E-state index >= 15 is 0 Å². The van der Waals surface area contributed by atoms with Gasteiger partial charge in [0.15, 0.2) is 0 Å². The number of nitrogens with zero attached hydrogens (tertiary/aromatic N) is 5. The van der Waals surface area contributed by atoms with Gasteiger partial charge in [0.05, 0.1) is 5.56 Å². The molecule has 1 N–H and O–H groups in total. The van der Waals surface area contributed by atoms with Crippen molar-refractivity contribution in [3.05, 3.63) is 111 Å². The number of hydrogen-bond donors (Lipinski definition) is 1. The monoisotopic (exact) mass is 518 g/mol. The minimum Gasteiger partial charge on any atom is -0.353 e. The summed E-state index contributed by atoms with van der Waals surface area (Å²) >= 11 is 0. The number of fused-ring (bicyclic) bond motifs is 1. The molecule has 4 aromatic rings. The second-order valence-electron chi connectivity index (χ2n) is 9.78. The maximum absolute atomic E-state index is 13.7. The molecule has 39 heavy (non-hydrogen) atoms. The molecule has 1 fully saturated rings. The van der Waals surface area contributed by atoms with Crippen LogP contribution in [0.3, 0.4) is 0 Å². The molecule has 0 atom stereocenters. The number of amides is 1. The molecule has 196 valence electrons. The summed E-state index contributed by atoms with van der Waals surface area (Å²) < 4.78 is 1.48. The van der Waals surface area contributed by atoms with Gasteiger partial charge in [-0.15, -0.1) is 0 Å². The predicted octanol–water partition coefficient (Wildman–Crippen LogP) is 4.18. The molecule has 1 aliphatic rings. The Morgan fingerprint density at radius 1 is 1.00 bits per heavy atom. The quantitative estimate of drug-likeness (QED) is 0.304. The van der Waals surface area contributed by atoms with Crippen LogP contribution in [0.15, 0.2) is 83.3 Å². The van der Waals surface area contributed by atoms with Crippen LogP contribution in [0.2, 0.25) is 0 Å². The summed E-state index contributed by atoms with van der Waals surface area (Å²) in [5.74, 6) is -0.0849. The highest BCUT2D eigenvalue weighted by molar-refractivity contribution is 6.10. The third kappa shape index (κ3) is 5.74. The Labute approximate surface area is 227 Å². The molecule has 8 heteroatoms. The molecule has 1 saturated heterocycles. The molecule has 0 spiro atoms. The number of aromatic nitrogens is 2. The standard InChI is InChI=1S/C31H30N6O2/c1-22-10-12-26(13-11-22)33-30(38)25(20-32)19-27-29(34-28-23(2)7-6-14-37(28)31(27)39)36-17-15-35(16-18-36)21-24-8-4-3-5-9-24/h3-14,19H,15-18,21H2,1-2H3,(H,33,38). The van der Waals surface area contributed by atoms with E-state index in [9.17, 15) is 14.9 Å². The van der Waals surface area contributed by atoms with Crippen LogP contribution in [0.25, 0.3) is 11.7 Å². The van der Waals surface area contributed by atoms with Gasteiger partial charge in [0.25, 0.3) is 11.5 Å². The zero-order valence-electron chi connectivity index (χ0n) is 22.1. The van der Waals surface area contributed by atoms with Gasteiger partial charge in [0.1, 0.15) is 23.1 Å². The van der Waals surface area contributed by atoms with Crippen molar-refractivity contribution in [2.24, 2.45) is 0 Å². The fraction of sp³-hybridized carbons (Fsp3) is 0.226. The number of aryl methyl sites for hydroxylation is 2. The minimum atomic E-state index is -0.575. The summed E-state index contributed by atoms with van der Waals surface area (Å²) in [5.41, 5.74) is 4.06. The fourth-order valence-electron chi connectivity index (χ4n) is 4.76. The molecule has 3 heterocycles. The van der Waals surface area contributed by atoms with Crippen molar-refractivity contribution in [1.82, 2.24) is 14.3 Å². The molecule has 2 aromatic carbocycles. The molecule has 0 saturated carbocycles. The normalized spacial score (nSPS) is 14.3. The lowest BCUT2D eigenvalue weighted by atomic mass is 10.1. The van der Waals surface area contributed by atoms with Crippen molar-refractivity contribution in [3.8, 4) is 6.07 Å². The molecule has 1 aliphatic heterocycles. The Morgan fingerprint density at radius 3 is 2.41 bits per heavy atom. The van der Waals surface area contributed by atoms with E-state index in [1.54, 1.807) is 24.4 Å². The third-order valence-electron chi connectivity index (χ3n) is 6.95. The Hall–Kier alpha value is -4.74. The summed E-state index contributed by atoms with van der Waals surface area (Å²) in [6.45, 7) is 7.65. The SMILES string of the molecule is Cc1ccc(NC(=O)C(C#N)=Cc2c(N3CCN(Cc4ccccc4)CC3)nc3c(C)cccn3c2=O)cc1. The predicted molar refractivity (Wildman–Crippen MR) is 154 cm³/mol. The Morgan fingerprint density at radius 2 is 1.72 bits per heavy atom. The topological polar surface area (TPSA) is 93.7 Å². The van der Waals surface area contributed by atoms with E-state index < -0.39 is 5.91 Å². The number of rotatable bonds is 6. The number of nitriles is 1. The van der Waals surface area contributed by atoms with Crippen LogP contribution in [0.1, 0.15) is 22.3 Å². The highest BCUT2D eigenvalue weighted by Gasteiger charge is 2.24. The average Bonchev–Trinajstić information content (AvgIpc) is 2.95. The van der Waals surface area contributed by atoms with E-state index in [2.05, 4.69) is 27.2 Å². The Kier molecular flexibility index (Phi) is 7.53. The summed E-state index contributed by atoms with van der Waals surface area (Å²) in [5, 5.41) is 12.6. The van der Waals surface area contributed by atoms with E-state index in [1.165, 1.54) is 16.0 Å². The van der Waals surface area contributed by atoms with Gasteiger partial charge >= 0.3 is 0 Å². The number of piperazine rings is 1. The van der Waals surface area contributed by atoms with E-state index in [1.807, 2.05) is 56.3 Å². The number of carbonyl (C=O) groups excluding carboxylic acids is 1. The molecular formula is C31H30N6O2. The molecule has 0 unspecified atom stereocenters. The van der Waals surface area contributed by atoms with Gasteiger partial charge in [0.2, 0.25) is 0 Å². The average molecular weight is 519 g/mol. The second-order valence-corrected chi connectivity index (χ2v) is 9.78. The highest BCUT2D eigenvalue weighted by atomic mass is 16.1. The molecule has 1 amide bonds. The molecular weight excluding hydrogens is 488 g/mol. The van der Waals surface area contributed by atoms with Crippen LogP contribution < -0.4 is 15.8 Å². The summed E-state index contributed by atoms with van der Waals surface area (Å²) in [6.07, 6.45) is 3.04. The zero-order valence-corrected chi connectivity index (χ0v) is 22.1. The van der Waals surface area contributed by atoms with E-state index in [0.29, 0.717) is 30.2 Å². The number of pyridine rings is 1. The van der Waals surface area contributed by atoms with Gasteiger partial charge in [-0.05, 0) is 49.2 Å². The van der Waals surface area contributed by atoms with Crippen LogP contribution in [-0.4, -0.2) is 46.4 Å². The van der Waals surface area contributed by atoms with Gasteiger partial charge in [0, 0.05) is 44.6 Å². The molecule has 5 rings (SSSR count). The number of carbonyl (C=O) groups is 1. The summed E-state index contributed by atoms with van der Waals surface area (Å²) in [7, 11) is 0. The molecule has 8 nitrogen and oxygen atoms in total. The van der Waals surface area contributed by atoms with Crippen LogP contribution in [0.4, 0.5) is 11.5 Å². The number of anilines is 2. The first-order valence-electron chi connectivity index (χ1n) is 13.0. The lowest BCUT2D eigenvalue weighted by Crippen LogP contribution is -2.47. The zero-order chi connectivity index (χ0) is 27.4. The van der Waals surface area contributed by atoms with Gasteiger partial charge < -0.3 is 10.2 Å². The lowest BCUT2D eigenvalue weighted by molar-refractivity contribution is -0.112. The van der Waals surface area contributed by atoms with E-state index in [4.69, 9.17) is 4.98 Å². The minimum absolute atomic E-state index is 0.161. The van der Waals surface area contributed by atoms with Crippen molar-refractivity contribution >= 4 is 29.1 Å². The summed E-state index contributed by atoms with van der Waals surface area (Å²) in [6, 6.07) is 23.3. The van der Waals surface area contributed by atoms with Gasteiger partial charge in [-0.2, -0.15) is 5.26 Å². The molecule has 0 radical (unpaired) electrons. The van der Waals surface area contributed by atoms with Gasteiger partial charge in [-0.3, -0.25) is 18.9 Å². The van der Waals surface area contributed by atoms with E-state index in [-0.39, 0.29) is 16.7 Å². The van der Waals surface area contributed by atoms with Crippen molar-refractivity contribution < 1.29 is 4.79 Å². The Balaban J connectivity index is 1.48. The van der Waals surface area contributed by atoms with Crippen LogP contribution in [-0.2, 0) is 11.3 Å². The van der Waals surface area contributed by atoms with Crippen LogP contribution in [0.5, 0.6) is 0 Å².